The van der Waals surface area contributed by atoms with Crippen molar-refractivity contribution in [1.29, 1.82) is 0 Å². The zero-order valence-corrected chi connectivity index (χ0v) is 46.2. The van der Waals surface area contributed by atoms with Gasteiger partial charge < -0.3 is 25.0 Å². The van der Waals surface area contributed by atoms with Crippen molar-refractivity contribution in [3.63, 3.8) is 0 Å². The van der Waals surface area contributed by atoms with E-state index in [2.05, 4.69) is 117 Å². The third kappa shape index (κ3) is 12.3. The first-order valence-corrected chi connectivity index (χ1v) is 28.8. The lowest BCUT2D eigenvalue weighted by Gasteiger charge is -2.58. The monoisotopic (exact) mass is 1080 g/mol. The predicted molar refractivity (Wildman–Crippen MR) is 304 cm³/mol. The molecule has 10 rings (SSSR count). The molecule has 404 valence electrons. The molecule has 15 nitrogen and oxygen atoms in total. The number of aromatic amines is 1. The highest BCUT2D eigenvalue weighted by Crippen LogP contribution is 2.53. The highest BCUT2D eigenvalue weighted by atomic mass is 32.2. The number of hydrogen-bond acceptors (Lipinski definition) is 14. The highest BCUT2D eigenvalue weighted by molar-refractivity contribution is 7.90. The number of aliphatic hydroxyl groups is 1. The van der Waals surface area contributed by atoms with Crippen molar-refractivity contribution >= 4 is 72.9 Å². The Labute approximate surface area is 456 Å². The molecule has 0 unspecified atom stereocenters. The summed E-state index contributed by atoms with van der Waals surface area (Å²) in [5.74, 6) is -0.201. The molecule has 77 heavy (non-hydrogen) atoms. The summed E-state index contributed by atoms with van der Waals surface area (Å²) >= 11 is 4.89. The van der Waals surface area contributed by atoms with Gasteiger partial charge in [-0.15, -0.1) is 0 Å². The lowest BCUT2D eigenvalue weighted by molar-refractivity contribution is -0.0628. The molecule has 4 fully saturated rings. The molecule has 2 saturated carbocycles. The first kappa shape index (κ1) is 54.0. The summed E-state index contributed by atoms with van der Waals surface area (Å²) in [6.07, 6.45) is 11.1. The summed E-state index contributed by atoms with van der Waals surface area (Å²) in [6.45, 7) is 16.5. The Kier molecular flexibility index (Phi) is 15.8. The summed E-state index contributed by atoms with van der Waals surface area (Å²) in [7, 11) is -4.51. The molecular formula is C59H69FN10O5S2. The van der Waals surface area contributed by atoms with Crippen LogP contribution in [0.15, 0.2) is 112 Å². The number of thiocarbonyl (C=S) groups is 1. The molecule has 0 radical (unpaired) electrons. The minimum absolute atomic E-state index is 0.0551. The van der Waals surface area contributed by atoms with Crippen molar-refractivity contribution < 1.29 is 27.4 Å². The van der Waals surface area contributed by atoms with E-state index in [9.17, 15) is 22.7 Å². The van der Waals surface area contributed by atoms with Crippen LogP contribution in [0.5, 0.6) is 11.5 Å². The number of pyridine rings is 2. The number of halogens is 1. The van der Waals surface area contributed by atoms with E-state index in [0.29, 0.717) is 42.8 Å². The smallest absolute Gasteiger partial charge is 0.268 e. The number of piperidine rings is 1. The molecule has 4 aliphatic rings. The number of benzene rings is 3. The average Bonchev–Trinajstić information content (AvgIpc) is 3.78. The van der Waals surface area contributed by atoms with Gasteiger partial charge in [-0.1, -0.05) is 50.2 Å². The molecule has 5 heterocycles. The van der Waals surface area contributed by atoms with E-state index in [1.54, 1.807) is 12.1 Å². The fourth-order valence-electron chi connectivity index (χ4n) is 12.0. The first-order chi connectivity index (χ1) is 36.9. The summed E-state index contributed by atoms with van der Waals surface area (Å²) in [6, 6.07) is 26.3. The van der Waals surface area contributed by atoms with E-state index in [0.717, 1.165) is 101 Å². The zero-order chi connectivity index (χ0) is 54.1. The maximum Gasteiger partial charge on any atom is 0.268 e. The van der Waals surface area contributed by atoms with Crippen molar-refractivity contribution in [1.82, 2.24) is 29.5 Å². The Morgan fingerprint density at radius 1 is 0.974 bits per heavy atom. The Hall–Kier alpha value is -6.40. The highest BCUT2D eigenvalue weighted by Gasteiger charge is 2.50. The van der Waals surface area contributed by atoms with Crippen LogP contribution in [0.25, 0.3) is 11.0 Å². The van der Waals surface area contributed by atoms with Crippen molar-refractivity contribution in [2.24, 2.45) is 21.3 Å². The van der Waals surface area contributed by atoms with Gasteiger partial charge in [-0.3, -0.25) is 19.6 Å². The van der Waals surface area contributed by atoms with Crippen LogP contribution in [0, 0.1) is 17.2 Å². The second kappa shape index (κ2) is 22.5. The minimum atomic E-state index is -4.51. The number of aromatic nitrogens is 3. The number of isothiocyanates is 1. The standard InChI is InChI=1S/C59H69FN10O5S2/c1-38(2)47-8-6-7-9-48(47)53-36-68(35-41-10-12-42(13-11-41)66-39(3)4)24-25-70(53)44-29-59(30-44)20-22-69(23-21-59)43-14-15-49(54(26-43)75-45-27-50-51(60)34-64-55(50)62-32-45)57(71)67-77(73,74)46-28-52(65-37-76)56(63-33-46)61-31-40-16-18-58(5,72)19-17-40/h6-15,26-28,32-34,38,40,44,53,72H,16-25,29-31,35-36H2,1-5H3,(H,61,63)(H,62,64)(H,67,71)/t40-,53-,58-/m0/s1. The second-order valence-electron chi connectivity index (χ2n) is 22.5. The fraction of sp³-hybridized carbons (Fsp3) is 0.441. The summed E-state index contributed by atoms with van der Waals surface area (Å²) in [5, 5.41) is 16.1. The summed E-state index contributed by atoms with van der Waals surface area (Å²) < 4.78 is 51.2. The maximum absolute atomic E-state index is 14.8. The molecule has 2 aliphatic heterocycles. The van der Waals surface area contributed by atoms with Crippen molar-refractivity contribution in [2.45, 2.75) is 121 Å². The second-order valence-corrected chi connectivity index (χ2v) is 24.4. The molecule has 3 aromatic carbocycles. The van der Waals surface area contributed by atoms with Gasteiger partial charge in [0.2, 0.25) is 0 Å². The van der Waals surface area contributed by atoms with Gasteiger partial charge in [0.1, 0.15) is 33.5 Å². The average molecular weight is 1080 g/mol. The summed E-state index contributed by atoms with van der Waals surface area (Å²) in [5.41, 5.74) is 6.94. The van der Waals surface area contributed by atoms with Crippen LogP contribution in [-0.2, 0) is 16.6 Å². The van der Waals surface area contributed by atoms with E-state index in [1.165, 1.54) is 41.2 Å². The number of nitrogens with one attached hydrogen (secondary N) is 3. The van der Waals surface area contributed by atoms with Gasteiger partial charge in [0.25, 0.3) is 15.9 Å². The van der Waals surface area contributed by atoms with Crippen LogP contribution in [0.4, 0.5) is 27.3 Å². The van der Waals surface area contributed by atoms with Crippen LogP contribution in [0.1, 0.15) is 125 Å². The molecule has 4 N–H and O–H groups in total. The number of fused-ring (bicyclic) bond motifs is 1. The number of aliphatic imine (C=N–C) groups is 2. The number of anilines is 2. The number of rotatable bonds is 16. The number of amides is 1. The molecule has 6 aromatic rings. The predicted octanol–water partition coefficient (Wildman–Crippen LogP) is 11.6. The van der Waals surface area contributed by atoms with Gasteiger partial charge in [0, 0.05) is 87.8 Å². The maximum atomic E-state index is 14.8. The van der Waals surface area contributed by atoms with E-state index < -0.39 is 27.3 Å². The molecular weight excluding hydrogens is 1010 g/mol. The first-order valence-electron chi connectivity index (χ1n) is 26.9. The van der Waals surface area contributed by atoms with Crippen LogP contribution < -0.4 is 19.7 Å². The van der Waals surface area contributed by atoms with Crippen molar-refractivity contribution in [3.8, 4) is 11.5 Å². The van der Waals surface area contributed by atoms with Gasteiger partial charge >= 0.3 is 0 Å². The third-order valence-corrected chi connectivity index (χ3v) is 17.7. The normalized spacial score (nSPS) is 21.1. The van der Waals surface area contributed by atoms with E-state index in [-0.39, 0.29) is 50.4 Å². The van der Waals surface area contributed by atoms with E-state index in [4.69, 9.17) is 17.0 Å². The van der Waals surface area contributed by atoms with Crippen molar-refractivity contribution in [2.75, 3.05) is 49.5 Å². The van der Waals surface area contributed by atoms with E-state index >= 15 is 0 Å². The Morgan fingerprint density at radius 2 is 1.73 bits per heavy atom. The van der Waals surface area contributed by atoms with Gasteiger partial charge in [-0.2, -0.15) is 4.99 Å². The Bertz CT molecular complexity index is 3310. The largest absolute Gasteiger partial charge is 0.455 e. The third-order valence-electron chi connectivity index (χ3n) is 16.4. The lowest BCUT2D eigenvalue weighted by Crippen LogP contribution is -2.60. The number of carbonyl (C=O) groups excluding carboxylic acids is 1. The molecule has 1 atom stereocenters. The number of sulfonamides is 1. The molecule has 2 saturated heterocycles. The number of hydrogen-bond donors (Lipinski definition) is 4. The number of piperazine rings is 1. The molecule has 1 spiro atoms. The van der Waals surface area contributed by atoms with Crippen molar-refractivity contribution in [3.05, 3.63) is 126 Å². The van der Waals surface area contributed by atoms with Crippen LogP contribution >= 0.6 is 12.2 Å². The van der Waals surface area contributed by atoms with Gasteiger partial charge in [0.05, 0.1) is 33.6 Å². The molecule has 2 aliphatic carbocycles. The number of nitrogens with zero attached hydrogens (tertiary/aromatic N) is 7. The number of carbonyl (C=O) groups is 1. The minimum Gasteiger partial charge on any atom is -0.455 e. The SMILES string of the molecule is CC(C)=Nc1ccc(CN2CCN(C3CC4(CCN(c5ccc(C(=O)NS(=O)(=O)c6cnc(NC[C@H]7CC[C@](C)(O)CC7)c(N=C=S)c6)c(Oc6cnc7[nH]cc(F)c7c6)c5)CC4)C3)[C@H](c3ccccc3C(C)C)C2)cc1. The van der Waals surface area contributed by atoms with Crippen LogP contribution in [0.2, 0.25) is 0 Å². The quantitative estimate of drug-likeness (QED) is 0.0533. The fourth-order valence-corrected chi connectivity index (χ4v) is 13.0. The van der Waals surface area contributed by atoms with E-state index in [1.807, 2.05) is 26.8 Å². The van der Waals surface area contributed by atoms with Gasteiger partial charge in [-0.05, 0) is 155 Å². The topological polar surface area (TPSA) is 181 Å². The molecule has 1 amide bonds. The number of ether oxygens (including phenoxy) is 1. The molecule has 3 aromatic heterocycles. The Balaban J connectivity index is 0.834. The van der Waals surface area contributed by atoms with Crippen LogP contribution in [0.3, 0.4) is 0 Å². The lowest BCUT2D eigenvalue weighted by atomic mass is 9.59. The Morgan fingerprint density at radius 3 is 2.45 bits per heavy atom. The number of H-pyrrole nitrogens is 1. The van der Waals surface area contributed by atoms with Gasteiger partial charge in [0.15, 0.2) is 5.82 Å². The van der Waals surface area contributed by atoms with Crippen LogP contribution in [-0.4, -0.2) is 106 Å². The zero-order valence-electron chi connectivity index (χ0n) is 44.6. The molecule has 0 bridgehead atoms. The molecule has 18 heteroatoms. The van der Waals surface area contributed by atoms with Gasteiger partial charge in [-0.25, -0.2) is 27.5 Å². The summed E-state index contributed by atoms with van der Waals surface area (Å²) in [4.78, 5) is 41.8.